The summed E-state index contributed by atoms with van der Waals surface area (Å²) in [5, 5.41) is 3.42. The normalized spacial score (nSPS) is 13.5. The smallest absolute Gasteiger partial charge is 0.259 e. The summed E-state index contributed by atoms with van der Waals surface area (Å²) in [6.45, 7) is 2.37. The summed E-state index contributed by atoms with van der Waals surface area (Å²) >= 11 is 1.21. The van der Waals surface area contributed by atoms with Crippen LogP contribution in [-0.2, 0) is 11.3 Å². The van der Waals surface area contributed by atoms with Crippen molar-refractivity contribution in [1.82, 2.24) is 15.3 Å². The summed E-state index contributed by atoms with van der Waals surface area (Å²) in [5.41, 5.74) is 1.31. The molecule has 0 fully saturated rings. The van der Waals surface area contributed by atoms with Gasteiger partial charge in [0.05, 0.1) is 16.2 Å². The minimum atomic E-state index is -0.414. The van der Waals surface area contributed by atoms with Crippen LogP contribution in [0.15, 0.2) is 52.4 Å². The maximum atomic E-state index is 12.4. The number of ether oxygens (including phenoxy) is 2. The number of fused-ring (bicyclic) bond motifs is 2. The molecule has 8 heteroatoms. The van der Waals surface area contributed by atoms with Gasteiger partial charge in [0.25, 0.3) is 5.56 Å². The van der Waals surface area contributed by atoms with Gasteiger partial charge in [0.15, 0.2) is 16.7 Å². The molecule has 0 spiro atoms. The van der Waals surface area contributed by atoms with E-state index in [2.05, 4.69) is 15.3 Å². The zero-order valence-corrected chi connectivity index (χ0v) is 15.3. The number of hydrogen-bond acceptors (Lipinski definition) is 6. The molecule has 3 aromatic rings. The van der Waals surface area contributed by atoms with Crippen molar-refractivity contribution in [3.63, 3.8) is 0 Å². The van der Waals surface area contributed by atoms with Crippen LogP contribution in [0.4, 0.5) is 0 Å². The first-order valence-electron chi connectivity index (χ1n) is 8.42. The maximum Gasteiger partial charge on any atom is 0.259 e. The third-order valence-electron chi connectivity index (χ3n) is 4.15. The maximum absolute atomic E-state index is 12.4. The summed E-state index contributed by atoms with van der Waals surface area (Å²) in [5.74, 6) is 1.25. The van der Waals surface area contributed by atoms with Crippen LogP contribution in [0, 0.1) is 0 Å². The third kappa shape index (κ3) is 3.75. The molecule has 27 heavy (non-hydrogen) atoms. The molecule has 2 heterocycles. The zero-order chi connectivity index (χ0) is 18.8. The van der Waals surface area contributed by atoms with E-state index in [1.54, 1.807) is 25.1 Å². The van der Waals surface area contributed by atoms with Gasteiger partial charge in [-0.15, -0.1) is 0 Å². The number of carbonyl (C=O) groups excluding carboxylic acids is 1. The lowest BCUT2D eigenvalue weighted by Crippen LogP contribution is -2.30. The number of nitrogens with one attached hydrogen (secondary N) is 2. The van der Waals surface area contributed by atoms with Crippen LogP contribution in [0.5, 0.6) is 11.5 Å². The molecular weight excluding hydrogens is 366 g/mol. The molecule has 1 unspecified atom stereocenters. The van der Waals surface area contributed by atoms with Gasteiger partial charge in [0.2, 0.25) is 12.7 Å². The van der Waals surface area contributed by atoms with Crippen molar-refractivity contribution < 1.29 is 14.3 Å². The molecule has 1 atom stereocenters. The standard InChI is InChI=1S/C19H17N3O4S/c1-11(27-19-21-14-5-3-2-4-13(14)18(24)22-19)17(23)20-9-12-6-7-15-16(8-12)26-10-25-15/h2-8,11H,9-10H2,1H3,(H,20,23)(H,21,22,24). The number of nitrogens with zero attached hydrogens (tertiary/aromatic N) is 1. The Bertz CT molecular complexity index is 1070. The first-order valence-corrected chi connectivity index (χ1v) is 9.30. The predicted molar refractivity (Wildman–Crippen MR) is 102 cm³/mol. The fraction of sp³-hybridized carbons (Fsp3) is 0.211. The molecule has 1 aliphatic heterocycles. The van der Waals surface area contributed by atoms with Gasteiger partial charge in [-0.1, -0.05) is 30.0 Å². The lowest BCUT2D eigenvalue weighted by Gasteiger charge is -2.12. The van der Waals surface area contributed by atoms with Crippen LogP contribution in [0.3, 0.4) is 0 Å². The van der Waals surface area contributed by atoms with Crippen molar-refractivity contribution in [3.8, 4) is 11.5 Å². The minimum Gasteiger partial charge on any atom is -0.454 e. The van der Waals surface area contributed by atoms with Gasteiger partial charge < -0.3 is 19.8 Å². The average Bonchev–Trinajstić information content (AvgIpc) is 3.14. The van der Waals surface area contributed by atoms with E-state index in [4.69, 9.17) is 9.47 Å². The molecule has 1 aliphatic rings. The summed E-state index contributed by atoms with van der Waals surface area (Å²) < 4.78 is 10.6. The quantitative estimate of drug-likeness (QED) is 0.519. The highest BCUT2D eigenvalue weighted by molar-refractivity contribution is 8.00. The number of aromatic nitrogens is 2. The Balaban J connectivity index is 1.40. The molecule has 0 radical (unpaired) electrons. The number of hydrogen-bond donors (Lipinski definition) is 2. The lowest BCUT2D eigenvalue weighted by molar-refractivity contribution is -0.120. The first-order chi connectivity index (χ1) is 13.1. The first kappa shape index (κ1) is 17.4. The van der Waals surface area contributed by atoms with E-state index < -0.39 is 5.25 Å². The number of aromatic amines is 1. The van der Waals surface area contributed by atoms with Gasteiger partial charge in [-0.3, -0.25) is 9.59 Å². The van der Waals surface area contributed by atoms with Crippen LogP contribution in [0.25, 0.3) is 10.9 Å². The van der Waals surface area contributed by atoms with Gasteiger partial charge in [0.1, 0.15) is 0 Å². The highest BCUT2D eigenvalue weighted by atomic mass is 32.2. The Morgan fingerprint density at radius 2 is 2.07 bits per heavy atom. The molecule has 0 aliphatic carbocycles. The summed E-state index contributed by atoms with van der Waals surface area (Å²) in [6.07, 6.45) is 0. The fourth-order valence-corrected chi connectivity index (χ4v) is 3.55. The number of rotatable bonds is 5. The SMILES string of the molecule is CC(Sc1nc2ccccc2c(=O)[nH]1)C(=O)NCc1ccc2c(c1)OCO2. The summed E-state index contributed by atoms with van der Waals surface area (Å²) in [6, 6.07) is 12.7. The molecule has 138 valence electrons. The van der Waals surface area contributed by atoms with Crippen molar-refractivity contribution in [3.05, 3.63) is 58.4 Å². The molecule has 4 rings (SSSR count). The Kier molecular flexibility index (Phi) is 4.72. The number of benzene rings is 2. The van der Waals surface area contributed by atoms with Crippen LogP contribution in [-0.4, -0.2) is 27.9 Å². The zero-order valence-electron chi connectivity index (χ0n) is 14.5. The Labute approximate surface area is 159 Å². The largest absolute Gasteiger partial charge is 0.454 e. The van der Waals surface area contributed by atoms with Crippen molar-refractivity contribution in [2.45, 2.75) is 23.9 Å². The Hall–Kier alpha value is -3.00. The highest BCUT2D eigenvalue weighted by Crippen LogP contribution is 2.32. The molecule has 0 saturated heterocycles. The minimum absolute atomic E-state index is 0.145. The predicted octanol–water partition coefficient (Wildman–Crippen LogP) is 2.45. The molecule has 1 aromatic heterocycles. The van der Waals surface area contributed by atoms with E-state index in [0.29, 0.717) is 34.1 Å². The molecule has 2 aromatic carbocycles. The summed E-state index contributed by atoms with van der Waals surface area (Å²) in [4.78, 5) is 31.7. The van der Waals surface area contributed by atoms with Crippen LogP contribution in [0.1, 0.15) is 12.5 Å². The van der Waals surface area contributed by atoms with Gasteiger partial charge in [0, 0.05) is 6.54 Å². The van der Waals surface area contributed by atoms with Crippen LogP contribution in [0.2, 0.25) is 0 Å². The second kappa shape index (κ2) is 7.32. The van der Waals surface area contributed by atoms with Gasteiger partial charge in [-0.05, 0) is 36.8 Å². The number of carbonyl (C=O) groups is 1. The summed E-state index contributed by atoms with van der Waals surface area (Å²) in [7, 11) is 0. The van der Waals surface area contributed by atoms with E-state index in [9.17, 15) is 9.59 Å². The average molecular weight is 383 g/mol. The topological polar surface area (TPSA) is 93.3 Å². The van der Waals surface area contributed by atoms with Crippen LogP contribution < -0.4 is 20.3 Å². The van der Waals surface area contributed by atoms with E-state index in [1.165, 1.54) is 11.8 Å². The number of thioether (sulfide) groups is 1. The van der Waals surface area contributed by atoms with E-state index >= 15 is 0 Å². The van der Waals surface area contributed by atoms with Gasteiger partial charge >= 0.3 is 0 Å². The number of H-pyrrole nitrogens is 1. The molecule has 7 nitrogen and oxygen atoms in total. The second-order valence-corrected chi connectivity index (χ2v) is 7.38. The Morgan fingerprint density at radius 1 is 1.26 bits per heavy atom. The van der Waals surface area contributed by atoms with Gasteiger partial charge in [-0.25, -0.2) is 4.98 Å². The molecule has 0 bridgehead atoms. The lowest BCUT2D eigenvalue weighted by atomic mass is 10.2. The van der Waals surface area contributed by atoms with Crippen molar-refractivity contribution in [2.24, 2.45) is 0 Å². The monoisotopic (exact) mass is 383 g/mol. The molecule has 2 N–H and O–H groups in total. The van der Waals surface area contributed by atoms with Crippen molar-refractivity contribution >= 4 is 28.6 Å². The molecular formula is C19H17N3O4S. The fourth-order valence-electron chi connectivity index (χ4n) is 2.73. The van der Waals surface area contributed by atoms with Crippen LogP contribution >= 0.6 is 11.8 Å². The van der Waals surface area contributed by atoms with E-state index in [0.717, 1.165) is 5.56 Å². The highest BCUT2D eigenvalue weighted by Gasteiger charge is 2.17. The third-order valence-corrected chi connectivity index (χ3v) is 5.14. The second-order valence-electron chi connectivity index (χ2n) is 6.05. The van der Waals surface area contributed by atoms with Gasteiger partial charge in [-0.2, -0.15) is 0 Å². The number of para-hydroxylation sites is 1. The molecule has 0 saturated carbocycles. The number of amides is 1. The molecule has 1 amide bonds. The van der Waals surface area contributed by atoms with Crippen molar-refractivity contribution in [2.75, 3.05) is 6.79 Å². The Morgan fingerprint density at radius 3 is 2.96 bits per heavy atom. The van der Waals surface area contributed by atoms with E-state index in [1.807, 2.05) is 24.3 Å². The van der Waals surface area contributed by atoms with E-state index in [-0.39, 0.29) is 18.3 Å². The van der Waals surface area contributed by atoms with Crippen molar-refractivity contribution in [1.29, 1.82) is 0 Å².